The molecule has 1 unspecified atom stereocenters. The summed E-state index contributed by atoms with van der Waals surface area (Å²) in [5.41, 5.74) is 0.740. The first-order chi connectivity index (χ1) is 8.04. The lowest BCUT2D eigenvalue weighted by atomic mass is 10.2. The van der Waals surface area contributed by atoms with Gasteiger partial charge in [-0.3, -0.25) is 4.79 Å². The van der Waals surface area contributed by atoms with Crippen LogP contribution >= 0.6 is 11.6 Å². The molecule has 1 N–H and O–H groups in total. The van der Waals surface area contributed by atoms with Crippen molar-refractivity contribution in [2.24, 2.45) is 0 Å². The van der Waals surface area contributed by atoms with Gasteiger partial charge in [0.2, 0.25) is 0 Å². The number of ether oxygens (including phenoxy) is 1. The molecule has 0 radical (unpaired) electrons. The molecule has 0 saturated carbocycles. The summed E-state index contributed by atoms with van der Waals surface area (Å²) in [6.45, 7) is 4.19. The first-order valence-electron chi connectivity index (χ1n) is 5.38. The van der Waals surface area contributed by atoms with Crippen molar-refractivity contribution in [3.05, 3.63) is 34.6 Å². The van der Waals surface area contributed by atoms with Crippen LogP contribution in [0, 0.1) is 5.82 Å². The van der Waals surface area contributed by atoms with Gasteiger partial charge in [-0.2, -0.15) is 0 Å². The summed E-state index contributed by atoms with van der Waals surface area (Å²) in [7, 11) is 0. The van der Waals surface area contributed by atoms with Crippen molar-refractivity contribution in [2.75, 3.05) is 6.61 Å². The van der Waals surface area contributed by atoms with Crippen molar-refractivity contribution in [1.29, 1.82) is 0 Å². The van der Waals surface area contributed by atoms with Crippen molar-refractivity contribution >= 4 is 17.6 Å². The molecule has 1 aromatic rings. The highest BCUT2D eigenvalue weighted by Crippen LogP contribution is 2.17. The van der Waals surface area contributed by atoms with Gasteiger partial charge in [0.25, 0.3) is 0 Å². The van der Waals surface area contributed by atoms with Gasteiger partial charge < -0.3 is 10.1 Å². The van der Waals surface area contributed by atoms with E-state index in [0.29, 0.717) is 18.2 Å². The lowest BCUT2D eigenvalue weighted by Gasteiger charge is -2.13. The van der Waals surface area contributed by atoms with Gasteiger partial charge in [-0.05, 0) is 31.5 Å². The molecule has 0 aliphatic carbocycles. The maximum atomic E-state index is 12.8. The van der Waals surface area contributed by atoms with E-state index < -0.39 is 6.04 Å². The molecule has 1 atom stereocenters. The van der Waals surface area contributed by atoms with Crippen LogP contribution in [0.5, 0.6) is 0 Å². The maximum Gasteiger partial charge on any atom is 0.322 e. The van der Waals surface area contributed by atoms with E-state index in [9.17, 15) is 9.18 Å². The highest BCUT2D eigenvalue weighted by Gasteiger charge is 2.13. The summed E-state index contributed by atoms with van der Waals surface area (Å²) in [5, 5.41) is 3.30. The predicted molar refractivity (Wildman–Crippen MR) is 64.3 cm³/mol. The molecule has 0 aliphatic heterocycles. The van der Waals surface area contributed by atoms with E-state index in [1.165, 1.54) is 12.1 Å². The van der Waals surface area contributed by atoms with E-state index >= 15 is 0 Å². The first kappa shape index (κ1) is 13.9. The van der Waals surface area contributed by atoms with Gasteiger partial charge in [0.15, 0.2) is 0 Å². The smallest absolute Gasteiger partial charge is 0.322 e. The third kappa shape index (κ3) is 4.32. The summed E-state index contributed by atoms with van der Waals surface area (Å²) in [4.78, 5) is 11.3. The van der Waals surface area contributed by atoms with Crippen LogP contribution in [-0.4, -0.2) is 18.6 Å². The summed E-state index contributed by atoms with van der Waals surface area (Å²) < 4.78 is 17.6. The van der Waals surface area contributed by atoms with Crippen molar-refractivity contribution in [3.8, 4) is 0 Å². The van der Waals surface area contributed by atoms with Crippen LogP contribution in [0.4, 0.5) is 4.39 Å². The van der Waals surface area contributed by atoms with Crippen molar-refractivity contribution in [2.45, 2.75) is 26.4 Å². The van der Waals surface area contributed by atoms with E-state index in [-0.39, 0.29) is 11.8 Å². The van der Waals surface area contributed by atoms with Gasteiger partial charge in [-0.15, -0.1) is 0 Å². The molecule has 5 heteroatoms. The number of hydrogen-bond donors (Lipinski definition) is 1. The minimum Gasteiger partial charge on any atom is -0.465 e. The predicted octanol–water partition coefficient (Wildman–Crippen LogP) is 2.52. The first-order valence-corrected chi connectivity index (χ1v) is 5.76. The minimum atomic E-state index is -0.420. The molecule has 94 valence electrons. The Morgan fingerprint density at radius 3 is 2.88 bits per heavy atom. The van der Waals surface area contributed by atoms with E-state index in [0.717, 1.165) is 5.56 Å². The van der Waals surface area contributed by atoms with Crippen molar-refractivity contribution < 1.29 is 13.9 Å². The molecule has 0 aromatic heterocycles. The Labute approximate surface area is 105 Å². The highest BCUT2D eigenvalue weighted by atomic mass is 35.5. The molecule has 0 spiro atoms. The fourth-order valence-electron chi connectivity index (χ4n) is 1.28. The van der Waals surface area contributed by atoms with Crippen LogP contribution in [0.3, 0.4) is 0 Å². The SMILES string of the molecule is CCOC(=O)C(C)NCc1ccc(F)cc1Cl. The summed E-state index contributed by atoms with van der Waals surface area (Å²) in [5.74, 6) is -0.692. The van der Waals surface area contributed by atoms with Gasteiger partial charge in [0.05, 0.1) is 6.61 Å². The molecule has 0 fully saturated rings. The second-order valence-corrected chi connectivity index (χ2v) is 4.00. The van der Waals surface area contributed by atoms with E-state index in [2.05, 4.69) is 5.32 Å². The lowest BCUT2D eigenvalue weighted by molar-refractivity contribution is -0.145. The Morgan fingerprint density at radius 1 is 1.59 bits per heavy atom. The normalized spacial score (nSPS) is 12.2. The summed E-state index contributed by atoms with van der Waals surface area (Å²) in [6, 6.07) is 3.74. The van der Waals surface area contributed by atoms with Crippen molar-refractivity contribution in [3.63, 3.8) is 0 Å². The van der Waals surface area contributed by atoms with Crippen LogP contribution in [0.2, 0.25) is 5.02 Å². The fourth-order valence-corrected chi connectivity index (χ4v) is 1.51. The molecule has 0 bridgehead atoms. The Bertz CT molecular complexity index is 398. The molecule has 17 heavy (non-hydrogen) atoms. The van der Waals surface area contributed by atoms with Crippen LogP contribution in [0.15, 0.2) is 18.2 Å². The molecule has 1 aromatic carbocycles. The zero-order chi connectivity index (χ0) is 12.8. The number of halogens is 2. The lowest BCUT2D eigenvalue weighted by Crippen LogP contribution is -2.34. The number of carbonyl (C=O) groups is 1. The average Bonchev–Trinajstić information content (AvgIpc) is 2.27. The summed E-state index contributed by atoms with van der Waals surface area (Å²) >= 11 is 5.86. The van der Waals surface area contributed by atoms with Crippen LogP contribution in [-0.2, 0) is 16.1 Å². The average molecular weight is 260 g/mol. The molecule has 0 aliphatic rings. The van der Waals surface area contributed by atoms with E-state index in [1.54, 1.807) is 19.9 Å². The Balaban J connectivity index is 2.52. The number of esters is 1. The largest absolute Gasteiger partial charge is 0.465 e. The molecule has 1 rings (SSSR count). The number of rotatable bonds is 5. The zero-order valence-electron chi connectivity index (χ0n) is 9.80. The van der Waals surface area contributed by atoms with E-state index in [4.69, 9.17) is 16.3 Å². The molecule has 0 saturated heterocycles. The number of benzene rings is 1. The van der Waals surface area contributed by atoms with Gasteiger partial charge in [0.1, 0.15) is 11.9 Å². The minimum absolute atomic E-state index is 0.314. The maximum absolute atomic E-state index is 12.8. The highest BCUT2D eigenvalue weighted by molar-refractivity contribution is 6.31. The second-order valence-electron chi connectivity index (χ2n) is 3.59. The zero-order valence-corrected chi connectivity index (χ0v) is 10.6. The molecular formula is C12H15ClFNO2. The topological polar surface area (TPSA) is 38.3 Å². The van der Waals surface area contributed by atoms with Gasteiger partial charge >= 0.3 is 5.97 Å². The third-order valence-electron chi connectivity index (χ3n) is 2.25. The van der Waals surface area contributed by atoms with Gasteiger partial charge in [-0.25, -0.2) is 4.39 Å². The monoisotopic (exact) mass is 259 g/mol. The second kappa shape index (κ2) is 6.57. The molecule has 0 heterocycles. The van der Waals surface area contributed by atoms with Gasteiger partial charge in [-0.1, -0.05) is 17.7 Å². The Kier molecular flexibility index (Phi) is 5.38. The molecular weight excluding hydrogens is 245 g/mol. The number of nitrogens with one attached hydrogen (secondary N) is 1. The van der Waals surface area contributed by atoms with Crippen molar-refractivity contribution in [1.82, 2.24) is 5.32 Å². The van der Waals surface area contributed by atoms with Crippen LogP contribution in [0.1, 0.15) is 19.4 Å². The van der Waals surface area contributed by atoms with Crippen LogP contribution in [0.25, 0.3) is 0 Å². The van der Waals surface area contributed by atoms with Gasteiger partial charge in [0, 0.05) is 11.6 Å². The quantitative estimate of drug-likeness (QED) is 0.826. The summed E-state index contributed by atoms with van der Waals surface area (Å²) in [6.07, 6.45) is 0. The molecule has 3 nitrogen and oxygen atoms in total. The molecule has 0 amide bonds. The Hall–Kier alpha value is -1.13. The number of hydrogen-bond acceptors (Lipinski definition) is 3. The van der Waals surface area contributed by atoms with Crippen LogP contribution < -0.4 is 5.32 Å². The Morgan fingerprint density at radius 2 is 2.29 bits per heavy atom. The fraction of sp³-hybridized carbons (Fsp3) is 0.417. The number of carbonyl (C=O) groups excluding carboxylic acids is 1. The standard InChI is InChI=1S/C12H15ClFNO2/c1-3-17-12(16)8(2)15-7-9-4-5-10(14)6-11(9)13/h4-6,8,15H,3,7H2,1-2H3. The van der Waals surface area contributed by atoms with E-state index in [1.807, 2.05) is 0 Å². The third-order valence-corrected chi connectivity index (χ3v) is 2.61.